The number of nitrogens with one attached hydrogen (secondary N) is 1. The maximum absolute atomic E-state index is 14.8. The highest BCUT2D eigenvalue weighted by Crippen LogP contribution is 2.42. The van der Waals surface area contributed by atoms with Crippen LogP contribution in [0.2, 0.25) is 0 Å². The number of carbonyl (C=O) groups excluding carboxylic acids is 3. The number of rotatable bonds is 12. The van der Waals surface area contributed by atoms with Crippen LogP contribution in [0.15, 0.2) is 110 Å². The monoisotopic (exact) mass is 627 g/mol. The van der Waals surface area contributed by atoms with E-state index in [1.54, 1.807) is 18.1 Å². The first kappa shape index (κ1) is 31.8. The summed E-state index contributed by atoms with van der Waals surface area (Å²) in [6.07, 6.45) is 5.65. The van der Waals surface area contributed by atoms with E-state index in [9.17, 15) is 14.4 Å². The Balaban J connectivity index is 1.37. The fourth-order valence-corrected chi connectivity index (χ4v) is 6.91. The lowest BCUT2D eigenvalue weighted by Crippen LogP contribution is -2.47. The van der Waals surface area contributed by atoms with Gasteiger partial charge in [0.15, 0.2) is 0 Å². The number of nitrogens with zero attached hydrogens (tertiary/aromatic N) is 1. The number of benzene rings is 4. The second-order valence-electron chi connectivity index (χ2n) is 12.6. The number of carbonyl (C=O) groups is 3. The van der Waals surface area contributed by atoms with Gasteiger partial charge in [-0.1, -0.05) is 98.1 Å². The van der Waals surface area contributed by atoms with E-state index in [2.05, 4.69) is 18.0 Å². The highest BCUT2D eigenvalue weighted by Gasteiger charge is 2.40. The summed E-state index contributed by atoms with van der Waals surface area (Å²) in [5.74, 6) is -1.31. The standard InChI is InChI=1S/C40H41N3O4/c1-3-10-34(38(41)44)35(24-26-11-8-12-26)39(45)42-37-33-17-5-4-15-31(33)32-16-6-7-18-36(32)43(40(37)46)25-27-13-9-14-29(23-27)28-19-21-30(47-2)22-20-28/h3-7,9,13-23,26,34-35,37H,1,8,10-12,24-25H2,2H3,(H2,41,44)(H,42,45). The van der Waals surface area contributed by atoms with Gasteiger partial charge in [0.05, 0.1) is 31.2 Å². The molecule has 6 rings (SSSR count). The quantitative estimate of drug-likeness (QED) is 0.162. The van der Waals surface area contributed by atoms with Crippen molar-refractivity contribution in [2.24, 2.45) is 23.5 Å². The van der Waals surface area contributed by atoms with Gasteiger partial charge in [0.2, 0.25) is 11.8 Å². The first-order valence-electron chi connectivity index (χ1n) is 16.3. The Morgan fingerprint density at radius 2 is 1.66 bits per heavy atom. The Labute approximate surface area is 276 Å². The molecular formula is C40H41N3O4. The van der Waals surface area contributed by atoms with Crippen molar-refractivity contribution in [2.75, 3.05) is 12.0 Å². The lowest BCUT2D eigenvalue weighted by Gasteiger charge is -2.33. The topological polar surface area (TPSA) is 102 Å². The van der Waals surface area contributed by atoms with Crippen LogP contribution in [0.3, 0.4) is 0 Å². The van der Waals surface area contributed by atoms with Crippen LogP contribution in [0.5, 0.6) is 5.75 Å². The van der Waals surface area contributed by atoms with E-state index in [0.717, 1.165) is 64.1 Å². The third-order valence-corrected chi connectivity index (χ3v) is 9.67. The number of amides is 3. The minimum absolute atomic E-state index is 0.243. The molecule has 3 amide bonds. The van der Waals surface area contributed by atoms with E-state index in [4.69, 9.17) is 10.5 Å². The molecule has 1 heterocycles. The molecule has 4 aromatic carbocycles. The van der Waals surface area contributed by atoms with Crippen LogP contribution < -0.4 is 20.7 Å². The molecular weight excluding hydrogens is 586 g/mol. The summed E-state index contributed by atoms with van der Waals surface area (Å²) in [4.78, 5) is 43.4. The second kappa shape index (κ2) is 14.1. The summed E-state index contributed by atoms with van der Waals surface area (Å²) in [5, 5.41) is 3.13. The molecule has 2 aliphatic rings. The third kappa shape index (κ3) is 6.70. The van der Waals surface area contributed by atoms with E-state index in [1.165, 1.54) is 0 Å². The van der Waals surface area contributed by atoms with Crippen molar-refractivity contribution in [3.63, 3.8) is 0 Å². The third-order valence-electron chi connectivity index (χ3n) is 9.67. The number of para-hydroxylation sites is 1. The molecule has 4 aromatic rings. The smallest absolute Gasteiger partial charge is 0.254 e. The molecule has 1 aliphatic carbocycles. The zero-order chi connectivity index (χ0) is 32.9. The normalized spacial score (nSPS) is 16.9. The number of fused-ring (bicyclic) bond motifs is 3. The molecule has 0 radical (unpaired) electrons. The summed E-state index contributed by atoms with van der Waals surface area (Å²) in [7, 11) is 1.64. The number of primary amides is 1. The van der Waals surface area contributed by atoms with Crippen molar-refractivity contribution < 1.29 is 19.1 Å². The molecule has 3 N–H and O–H groups in total. The van der Waals surface area contributed by atoms with Crippen molar-refractivity contribution >= 4 is 23.4 Å². The Morgan fingerprint density at radius 3 is 2.34 bits per heavy atom. The summed E-state index contributed by atoms with van der Waals surface area (Å²) in [6.45, 7) is 4.11. The van der Waals surface area contributed by atoms with Crippen molar-refractivity contribution in [1.29, 1.82) is 0 Å². The fourth-order valence-electron chi connectivity index (χ4n) is 6.91. The Bertz CT molecular complexity index is 1780. The van der Waals surface area contributed by atoms with Crippen molar-refractivity contribution in [3.8, 4) is 28.0 Å². The molecule has 0 aromatic heterocycles. The lowest BCUT2D eigenvalue weighted by molar-refractivity contribution is -0.136. The van der Waals surface area contributed by atoms with Crippen LogP contribution in [0.1, 0.15) is 49.3 Å². The number of hydrogen-bond donors (Lipinski definition) is 2. The number of hydrogen-bond acceptors (Lipinski definition) is 4. The molecule has 0 saturated heterocycles. The highest BCUT2D eigenvalue weighted by atomic mass is 16.5. The Kier molecular flexibility index (Phi) is 9.52. The maximum Gasteiger partial charge on any atom is 0.254 e. The van der Waals surface area contributed by atoms with Gasteiger partial charge in [-0.3, -0.25) is 14.4 Å². The molecule has 0 spiro atoms. The average molecular weight is 628 g/mol. The summed E-state index contributed by atoms with van der Waals surface area (Å²) < 4.78 is 5.33. The molecule has 3 atom stereocenters. The zero-order valence-corrected chi connectivity index (χ0v) is 26.7. The van der Waals surface area contributed by atoms with E-state index in [0.29, 0.717) is 25.3 Å². The van der Waals surface area contributed by atoms with Crippen LogP contribution >= 0.6 is 0 Å². The SMILES string of the molecule is C=CCC(C(N)=O)C(CC1CCC1)C(=O)NC1C(=O)N(Cc2cccc(-c3ccc(OC)cc3)c2)c2ccccc2-c2ccccc21. The number of ether oxygens (including phenoxy) is 1. The molecule has 47 heavy (non-hydrogen) atoms. The summed E-state index contributed by atoms with van der Waals surface area (Å²) in [6, 6.07) is 30.6. The Hall–Kier alpha value is -5.17. The van der Waals surface area contributed by atoms with Crippen LogP contribution in [0.25, 0.3) is 22.3 Å². The minimum atomic E-state index is -0.961. The predicted octanol–water partition coefficient (Wildman–Crippen LogP) is 7.22. The van der Waals surface area contributed by atoms with Crippen molar-refractivity contribution in [1.82, 2.24) is 5.32 Å². The van der Waals surface area contributed by atoms with E-state index >= 15 is 0 Å². The molecule has 1 aliphatic heterocycles. The molecule has 7 nitrogen and oxygen atoms in total. The first-order valence-corrected chi connectivity index (χ1v) is 16.3. The Morgan fingerprint density at radius 1 is 0.936 bits per heavy atom. The molecule has 240 valence electrons. The van der Waals surface area contributed by atoms with E-state index in [-0.39, 0.29) is 11.8 Å². The molecule has 1 saturated carbocycles. The van der Waals surface area contributed by atoms with Gasteiger partial charge >= 0.3 is 0 Å². The zero-order valence-electron chi connectivity index (χ0n) is 26.7. The van der Waals surface area contributed by atoms with Gasteiger partial charge in [0, 0.05) is 5.56 Å². The molecule has 1 fully saturated rings. The molecule has 3 unspecified atom stereocenters. The number of anilines is 1. The van der Waals surface area contributed by atoms with E-state index < -0.39 is 23.8 Å². The van der Waals surface area contributed by atoms with Crippen molar-refractivity contribution in [2.45, 2.75) is 44.7 Å². The second-order valence-corrected chi connectivity index (χ2v) is 12.6. The van der Waals surface area contributed by atoms with Crippen LogP contribution in [-0.2, 0) is 20.9 Å². The summed E-state index contributed by atoms with van der Waals surface area (Å²) in [5.41, 5.74) is 12.1. The van der Waals surface area contributed by atoms with Gasteiger partial charge in [-0.05, 0) is 70.8 Å². The van der Waals surface area contributed by atoms with Gasteiger partial charge in [0.25, 0.3) is 5.91 Å². The number of allylic oxidation sites excluding steroid dienone is 1. The highest BCUT2D eigenvalue weighted by molar-refractivity contribution is 6.06. The number of nitrogens with two attached hydrogens (primary N) is 1. The number of methoxy groups -OCH3 is 1. The van der Waals surface area contributed by atoms with Gasteiger partial charge < -0.3 is 20.7 Å². The van der Waals surface area contributed by atoms with Crippen LogP contribution in [-0.4, -0.2) is 24.8 Å². The maximum atomic E-state index is 14.8. The average Bonchev–Trinajstić information content (AvgIpc) is 3.16. The fraction of sp³-hybridized carbons (Fsp3) is 0.275. The summed E-state index contributed by atoms with van der Waals surface area (Å²) >= 11 is 0. The van der Waals surface area contributed by atoms with Gasteiger partial charge in [-0.15, -0.1) is 6.58 Å². The molecule has 7 heteroatoms. The van der Waals surface area contributed by atoms with Crippen LogP contribution in [0.4, 0.5) is 5.69 Å². The lowest BCUT2D eigenvalue weighted by atomic mass is 9.74. The first-order chi connectivity index (χ1) is 22.9. The van der Waals surface area contributed by atoms with Crippen molar-refractivity contribution in [3.05, 3.63) is 121 Å². The van der Waals surface area contributed by atoms with Crippen LogP contribution in [0, 0.1) is 17.8 Å². The van der Waals surface area contributed by atoms with Gasteiger partial charge in [-0.25, -0.2) is 0 Å². The predicted molar refractivity (Wildman–Crippen MR) is 185 cm³/mol. The largest absolute Gasteiger partial charge is 0.497 e. The van der Waals surface area contributed by atoms with Gasteiger partial charge in [-0.2, -0.15) is 0 Å². The van der Waals surface area contributed by atoms with Gasteiger partial charge in [0.1, 0.15) is 11.8 Å². The minimum Gasteiger partial charge on any atom is -0.497 e. The van der Waals surface area contributed by atoms with E-state index in [1.807, 2.05) is 91.0 Å². The molecule has 0 bridgehead atoms.